The molecule has 0 radical (unpaired) electrons. The van der Waals surface area contributed by atoms with Crippen molar-refractivity contribution >= 4 is 17.3 Å². The molecule has 0 aromatic heterocycles. The number of methoxy groups -OCH3 is 1. The SMILES string of the molecule is COc1ccccc1N1CCN(CCCNC(=O)c2ccc(C)c([N+](=O)[O-])c2)CC1. The van der Waals surface area contributed by atoms with E-state index < -0.39 is 4.92 Å². The van der Waals surface area contributed by atoms with Crippen molar-refractivity contribution in [2.24, 2.45) is 0 Å². The third-order valence-corrected chi connectivity index (χ3v) is 5.40. The first-order valence-electron chi connectivity index (χ1n) is 10.1. The summed E-state index contributed by atoms with van der Waals surface area (Å²) in [6.07, 6.45) is 0.828. The summed E-state index contributed by atoms with van der Waals surface area (Å²) in [6, 6.07) is 12.6. The van der Waals surface area contributed by atoms with Crippen molar-refractivity contribution in [1.82, 2.24) is 10.2 Å². The van der Waals surface area contributed by atoms with E-state index in [2.05, 4.69) is 21.2 Å². The minimum Gasteiger partial charge on any atom is -0.495 e. The number of hydrogen-bond donors (Lipinski definition) is 1. The van der Waals surface area contributed by atoms with Crippen molar-refractivity contribution in [3.8, 4) is 5.75 Å². The predicted octanol–water partition coefficient (Wildman–Crippen LogP) is 2.85. The Bertz CT molecular complexity index is 894. The van der Waals surface area contributed by atoms with Gasteiger partial charge < -0.3 is 15.0 Å². The third-order valence-electron chi connectivity index (χ3n) is 5.40. The summed E-state index contributed by atoms with van der Waals surface area (Å²) in [5, 5.41) is 13.9. The number of amides is 1. The molecular weight excluding hydrogens is 384 g/mol. The summed E-state index contributed by atoms with van der Waals surface area (Å²) >= 11 is 0. The van der Waals surface area contributed by atoms with Crippen LogP contribution >= 0.6 is 0 Å². The van der Waals surface area contributed by atoms with Crippen LogP contribution in [-0.4, -0.2) is 62.1 Å². The molecule has 1 aliphatic heterocycles. The van der Waals surface area contributed by atoms with Gasteiger partial charge in [-0.15, -0.1) is 0 Å². The Morgan fingerprint density at radius 3 is 2.60 bits per heavy atom. The second-order valence-electron chi connectivity index (χ2n) is 7.37. The minimum atomic E-state index is -0.462. The number of piperazine rings is 1. The van der Waals surface area contributed by atoms with Crippen LogP contribution in [0.25, 0.3) is 0 Å². The molecule has 1 saturated heterocycles. The number of hydrogen-bond acceptors (Lipinski definition) is 6. The van der Waals surface area contributed by atoms with Gasteiger partial charge in [-0.2, -0.15) is 0 Å². The van der Waals surface area contributed by atoms with Crippen molar-refractivity contribution < 1.29 is 14.5 Å². The molecule has 1 heterocycles. The van der Waals surface area contributed by atoms with Gasteiger partial charge in [0.05, 0.1) is 17.7 Å². The number of carbonyl (C=O) groups excluding carboxylic acids is 1. The highest BCUT2D eigenvalue weighted by atomic mass is 16.6. The summed E-state index contributed by atoms with van der Waals surface area (Å²) in [5.74, 6) is 0.615. The largest absolute Gasteiger partial charge is 0.495 e. The normalized spacial score (nSPS) is 14.4. The number of ether oxygens (including phenoxy) is 1. The smallest absolute Gasteiger partial charge is 0.273 e. The van der Waals surface area contributed by atoms with Gasteiger partial charge in [0.2, 0.25) is 0 Å². The van der Waals surface area contributed by atoms with E-state index in [9.17, 15) is 14.9 Å². The highest BCUT2D eigenvalue weighted by Crippen LogP contribution is 2.28. The predicted molar refractivity (Wildman–Crippen MR) is 116 cm³/mol. The number of aryl methyl sites for hydroxylation is 1. The summed E-state index contributed by atoms with van der Waals surface area (Å²) in [5.41, 5.74) is 1.95. The van der Waals surface area contributed by atoms with Gasteiger partial charge in [-0.05, 0) is 38.1 Å². The summed E-state index contributed by atoms with van der Waals surface area (Å²) in [4.78, 5) is 27.6. The van der Waals surface area contributed by atoms with Crippen LogP contribution in [0.2, 0.25) is 0 Å². The highest BCUT2D eigenvalue weighted by molar-refractivity contribution is 5.94. The molecule has 0 saturated carbocycles. The zero-order valence-electron chi connectivity index (χ0n) is 17.5. The Labute approximate surface area is 176 Å². The van der Waals surface area contributed by atoms with E-state index in [-0.39, 0.29) is 11.6 Å². The van der Waals surface area contributed by atoms with Crippen molar-refractivity contribution in [3.63, 3.8) is 0 Å². The van der Waals surface area contributed by atoms with E-state index in [1.807, 2.05) is 18.2 Å². The fourth-order valence-electron chi connectivity index (χ4n) is 3.66. The van der Waals surface area contributed by atoms with Crippen LogP contribution in [0.15, 0.2) is 42.5 Å². The summed E-state index contributed by atoms with van der Waals surface area (Å²) < 4.78 is 5.46. The molecule has 0 bridgehead atoms. The Morgan fingerprint density at radius 1 is 1.17 bits per heavy atom. The van der Waals surface area contributed by atoms with Gasteiger partial charge >= 0.3 is 0 Å². The number of nitro groups is 1. The van der Waals surface area contributed by atoms with Crippen molar-refractivity contribution in [2.75, 3.05) is 51.3 Å². The first kappa shape index (κ1) is 21.6. The van der Waals surface area contributed by atoms with Gasteiger partial charge in [0.25, 0.3) is 11.6 Å². The topological polar surface area (TPSA) is 88.0 Å². The van der Waals surface area contributed by atoms with Gasteiger partial charge in [-0.3, -0.25) is 19.8 Å². The van der Waals surface area contributed by atoms with Crippen LogP contribution in [0.5, 0.6) is 5.75 Å². The summed E-state index contributed by atoms with van der Waals surface area (Å²) in [6.45, 7) is 6.86. The van der Waals surface area contributed by atoms with E-state index in [0.717, 1.165) is 50.6 Å². The van der Waals surface area contributed by atoms with E-state index in [4.69, 9.17) is 4.74 Å². The van der Waals surface area contributed by atoms with E-state index in [0.29, 0.717) is 17.7 Å². The van der Waals surface area contributed by atoms with Gasteiger partial charge in [0.1, 0.15) is 5.75 Å². The molecule has 1 fully saturated rings. The van der Waals surface area contributed by atoms with Crippen LogP contribution in [0, 0.1) is 17.0 Å². The number of nitro benzene ring substituents is 1. The lowest BCUT2D eigenvalue weighted by Gasteiger charge is -2.36. The van der Waals surface area contributed by atoms with Crippen LogP contribution in [0.4, 0.5) is 11.4 Å². The lowest BCUT2D eigenvalue weighted by atomic mass is 10.1. The Morgan fingerprint density at radius 2 is 1.90 bits per heavy atom. The van der Waals surface area contributed by atoms with Crippen LogP contribution < -0.4 is 15.0 Å². The van der Waals surface area contributed by atoms with Crippen molar-refractivity contribution in [3.05, 3.63) is 63.7 Å². The molecule has 8 heteroatoms. The van der Waals surface area contributed by atoms with Gasteiger partial charge in [0.15, 0.2) is 0 Å². The zero-order chi connectivity index (χ0) is 21.5. The van der Waals surface area contributed by atoms with Crippen molar-refractivity contribution in [1.29, 1.82) is 0 Å². The molecule has 0 atom stereocenters. The monoisotopic (exact) mass is 412 g/mol. The molecule has 0 aliphatic carbocycles. The van der Waals surface area contributed by atoms with Crippen LogP contribution in [-0.2, 0) is 0 Å². The standard InChI is InChI=1S/C22H28N4O4/c1-17-8-9-18(16-20(17)26(28)29)22(27)23-10-5-11-24-12-14-25(15-13-24)19-6-3-4-7-21(19)30-2/h3-4,6-9,16H,5,10-15H2,1-2H3,(H,23,27). The average molecular weight is 412 g/mol. The first-order valence-corrected chi connectivity index (χ1v) is 10.1. The van der Waals surface area contributed by atoms with Crippen LogP contribution in [0.1, 0.15) is 22.3 Å². The quantitative estimate of drug-likeness (QED) is 0.408. The van der Waals surface area contributed by atoms with Gasteiger partial charge in [-0.1, -0.05) is 18.2 Å². The fraction of sp³-hybridized carbons (Fsp3) is 0.409. The number of nitrogens with one attached hydrogen (secondary N) is 1. The maximum absolute atomic E-state index is 12.3. The van der Waals surface area contributed by atoms with Gasteiger partial charge in [-0.25, -0.2) is 0 Å². The molecule has 30 heavy (non-hydrogen) atoms. The molecule has 0 unspecified atom stereocenters. The molecule has 2 aromatic rings. The summed E-state index contributed by atoms with van der Waals surface area (Å²) in [7, 11) is 1.69. The average Bonchev–Trinajstić information content (AvgIpc) is 2.77. The maximum atomic E-state index is 12.3. The molecule has 2 aromatic carbocycles. The van der Waals surface area contributed by atoms with Crippen molar-refractivity contribution in [2.45, 2.75) is 13.3 Å². The lowest BCUT2D eigenvalue weighted by molar-refractivity contribution is -0.385. The van der Waals surface area contributed by atoms with E-state index >= 15 is 0 Å². The minimum absolute atomic E-state index is 0.0319. The maximum Gasteiger partial charge on any atom is 0.273 e. The number of para-hydroxylation sites is 2. The lowest BCUT2D eigenvalue weighted by Crippen LogP contribution is -2.47. The molecule has 0 spiro atoms. The number of nitrogens with zero attached hydrogens (tertiary/aromatic N) is 3. The number of anilines is 1. The molecule has 160 valence electrons. The molecule has 1 N–H and O–H groups in total. The Hall–Kier alpha value is -3.13. The molecule has 1 amide bonds. The Balaban J connectivity index is 1.41. The molecule has 1 aliphatic rings. The fourth-order valence-corrected chi connectivity index (χ4v) is 3.66. The number of rotatable bonds is 8. The van der Waals surface area contributed by atoms with Gasteiger partial charge in [0, 0.05) is 49.9 Å². The number of carbonyl (C=O) groups is 1. The first-order chi connectivity index (χ1) is 14.5. The van der Waals surface area contributed by atoms with E-state index in [1.165, 1.54) is 6.07 Å². The number of benzene rings is 2. The zero-order valence-corrected chi connectivity index (χ0v) is 17.5. The second-order valence-corrected chi connectivity index (χ2v) is 7.37. The third kappa shape index (κ3) is 5.27. The molecular formula is C22H28N4O4. The van der Waals surface area contributed by atoms with Crippen LogP contribution in [0.3, 0.4) is 0 Å². The molecule has 8 nitrogen and oxygen atoms in total. The Kier molecular flexibility index (Phi) is 7.24. The van der Waals surface area contributed by atoms with E-state index in [1.54, 1.807) is 26.2 Å². The second kappa shape index (κ2) is 10.1. The highest BCUT2D eigenvalue weighted by Gasteiger charge is 2.19. The molecule has 3 rings (SSSR count).